The normalized spacial score (nSPS) is 21.1. The Morgan fingerprint density at radius 1 is 1.47 bits per heavy atom. The molecule has 5 heteroatoms. The average molecular weight is 268 g/mol. The third kappa shape index (κ3) is 3.81. The van der Waals surface area contributed by atoms with E-state index < -0.39 is 5.97 Å². The Hall–Kier alpha value is -1.33. The number of carbonyl (C=O) groups excluding carboxylic acids is 1. The molecule has 1 aliphatic rings. The summed E-state index contributed by atoms with van der Waals surface area (Å²) in [5.41, 5.74) is 0. The first kappa shape index (κ1) is 14.1. The summed E-state index contributed by atoms with van der Waals surface area (Å²) in [5, 5.41) is 0. The van der Waals surface area contributed by atoms with Crippen LogP contribution in [0.2, 0.25) is 0 Å². The smallest absolute Gasteiger partial charge is 0.373 e. The van der Waals surface area contributed by atoms with Crippen LogP contribution < -0.4 is 0 Å². The standard InChI is InChI=1S/C14H20O5/c1-10(18-9-11-5-3-4-8-17-11)12-6-7-13(19-12)14(15)16-2/h6-7,10-11H,3-5,8-9H2,1-2H3. The summed E-state index contributed by atoms with van der Waals surface area (Å²) < 4.78 is 21.3. The molecule has 0 spiro atoms. The number of rotatable bonds is 5. The second-order valence-corrected chi connectivity index (χ2v) is 4.66. The minimum Gasteiger partial charge on any atom is -0.463 e. The summed E-state index contributed by atoms with van der Waals surface area (Å²) in [7, 11) is 1.32. The Kier molecular flexibility index (Phi) is 4.99. The molecule has 1 aromatic rings. The maximum atomic E-state index is 11.3. The van der Waals surface area contributed by atoms with Crippen LogP contribution in [0.1, 0.15) is 48.6 Å². The Bertz CT molecular complexity index is 406. The largest absolute Gasteiger partial charge is 0.463 e. The molecule has 0 saturated carbocycles. The summed E-state index contributed by atoms with van der Waals surface area (Å²) >= 11 is 0. The monoisotopic (exact) mass is 268 g/mol. The van der Waals surface area contributed by atoms with Gasteiger partial charge >= 0.3 is 5.97 Å². The van der Waals surface area contributed by atoms with Gasteiger partial charge in [-0.05, 0) is 38.3 Å². The maximum absolute atomic E-state index is 11.3. The SMILES string of the molecule is COC(=O)c1ccc(C(C)OCC2CCCCO2)o1. The first-order chi connectivity index (χ1) is 9.20. The van der Waals surface area contributed by atoms with Gasteiger partial charge < -0.3 is 18.6 Å². The highest BCUT2D eigenvalue weighted by Crippen LogP contribution is 2.22. The van der Waals surface area contributed by atoms with Crippen LogP contribution in [0.5, 0.6) is 0 Å². The van der Waals surface area contributed by atoms with E-state index in [0.29, 0.717) is 12.4 Å². The first-order valence-electron chi connectivity index (χ1n) is 6.62. The number of hydrogen-bond acceptors (Lipinski definition) is 5. The lowest BCUT2D eigenvalue weighted by molar-refractivity contribution is -0.0638. The Labute approximate surface area is 112 Å². The van der Waals surface area contributed by atoms with E-state index >= 15 is 0 Å². The van der Waals surface area contributed by atoms with Gasteiger partial charge in [0.15, 0.2) is 0 Å². The molecular weight excluding hydrogens is 248 g/mol. The van der Waals surface area contributed by atoms with E-state index in [9.17, 15) is 4.79 Å². The van der Waals surface area contributed by atoms with Gasteiger partial charge in [-0.25, -0.2) is 4.79 Å². The third-order valence-corrected chi connectivity index (χ3v) is 3.22. The molecule has 1 aromatic heterocycles. The minimum atomic E-state index is -0.478. The summed E-state index contributed by atoms with van der Waals surface area (Å²) in [6.07, 6.45) is 3.33. The Morgan fingerprint density at radius 3 is 3.00 bits per heavy atom. The molecule has 0 amide bonds. The van der Waals surface area contributed by atoms with Crippen molar-refractivity contribution in [2.45, 2.75) is 38.4 Å². The maximum Gasteiger partial charge on any atom is 0.373 e. The molecule has 2 heterocycles. The van der Waals surface area contributed by atoms with Crippen LogP contribution in [0.25, 0.3) is 0 Å². The molecule has 1 aliphatic heterocycles. The lowest BCUT2D eigenvalue weighted by Crippen LogP contribution is -2.24. The second-order valence-electron chi connectivity index (χ2n) is 4.66. The minimum absolute atomic E-state index is 0.172. The van der Waals surface area contributed by atoms with Crippen LogP contribution in [0.3, 0.4) is 0 Å². The van der Waals surface area contributed by atoms with Gasteiger partial charge in [0.05, 0.1) is 19.8 Å². The van der Waals surface area contributed by atoms with E-state index in [4.69, 9.17) is 13.9 Å². The summed E-state index contributed by atoms with van der Waals surface area (Å²) in [6.45, 7) is 3.26. The van der Waals surface area contributed by atoms with Crippen molar-refractivity contribution in [3.05, 3.63) is 23.7 Å². The molecule has 0 bridgehead atoms. The van der Waals surface area contributed by atoms with E-state index in [2.05, 4.69) is 4.74 Å². The predicted molar refractivity (Wildman–Crippen MR) is 68.0 cm³/mol. The second kappa shape index (κ2) is 6.73. The molecule has 1 fully saturated rings. The molecule has 0 N–H and O–H groups in total. The van der Waals surface area contributed by atoms with Crippen LogP contribution in [-0.4, -0.2) is 32.4 Å². The van der Waals surface area contributed by atoms with Crippen molar-refractivity contribution >= 4 is 5.97 Å². The number of carbonyl (C=O) groups is 1. The van der Waals surface area contributed by atoms with Crippen molar-refractivity contribution in [2.75, 3.05) is 20.3 Å². The fraction of sp³-hybridized carbons (Fsp3) is 0.643. The van der Waals surface area contributed by atoms with Gasteiger partial charge in [-0.15, -0.1) is 0 Å². The Balaban J connectivity index is 1.83. The van der Waals surface area contributed by atoms with Crippen LogP contribution >= 0.6 is 0 Å². The van der Waals surface area contributed by atoms with Gasteiger partial charge in [0, 0.05) is 6.61 Å². The molecule has 19 heavy (non-hydrogen) atoms. The fourth-order valence-electron chi connectivity index (χ4n) is 2.05. The molecular formula is C14H20O5. The van der Waals surface area contributed by atoms with E-state index in [1.165, 1.54) is 13.5 Å². The lowest BCUT2D eigenvalue weighted by atomic mass is 10.1. The predicted octanol–water partition coefficient (Wildman–Crippen LogP) is 2.71. The van der Waals surface area contributed by atoms with Crippen LogP contribution in [-0.2, 0) is 14.2 Å². The van der Waals surface area contributed by atoms with Crippen molar-refractivity contribution in [3.63, 3.8) is 0 Å². The van der Waals surface area contributed by atoms with Gasteiger partial charge in [0.25, 0.3) is 0 Å². The van der Waals surface area contributed by atoms with Crippen LogP contribution in [0.4, 0.5) is 0 Å². The highest BCUT2D eigenvalue weighted by atomic mass is 16.6. The molecule has 0 aliphatic carbocycles. The fourth-order valence-corrected chi connectivity index (χ4v) is 2.05. The average Bonchev–Trinajstić information content (AvgIpc) is 2.95. The van der Waals surface area contributed by atoms with Gasteiger partial charge in [-0.3, -0.25) is 0 Å². The van der Waals surface area contributed by atoms with E-state index in [-0.39, 0.29) is 18.0 Å². The number of hydrogen-bond donors (Lipinski definition) is 0. The molecule has 2 atom stereocenters. The van der Waals surface area contributed by atoms with E-state index in [0.717, 1.165) is 19.4 Å². The van der Waals surface area contributed by atoms with E-state index in [1.807, 2.05) is 6.92 Å². The highest BCUT2D eigenvalue weighted by molar-refractivity contribution is 5.86. The third-order valence-electron chi connectivity index (χ3n) is 3.22. The lowest BCUT2D eigenvalue weighted by Gasteiger charge is -2.23. The van der Waals surface area contributed by atoms with Crippen molar-refractivity contribution in [3.8, 4) is 0 Å². The van der Waals surface area contributed by atoms with Crippen molar-refractivity contribution in [2.24, 2.45) is 0 Å². The van der Waals surface area contributed by atoms with Gasteiger partial charge in [-0.1, -0.05) is 0 Å². The first-order valence-corrected chi connectivity index (χ1v) is 6.62. The molecule has 2 unspecified atom stereocenters. The molecule has 106 valence electrons. The van der Waals surface area contributed by atoms with Crippen molar-refractivity contribution < 1.29 is 23.4 Å². The molecule has 0 radical (unpaired) electrons. The Morgan fingerprint density at radius 2 is 2.32 bits per heavy atom. The number of ether oxygens (including phenoxy) is 3. The van der Waals surface area contributed by atoms with Crippen molar-refractivity contribution in [1.29, 1.82) is 0 Å². The van der Waals surface area contributed by atoms with Gasteiger partial charge in [0.2, 0.25) is 5.76 Å². The van der Waals surface area contributed by atoms with Crippen LogP contribution in [0, 0.1) is 0 Å². The van der Waals surface area contributed by atoms with Crippen LogP contribution in [0.15, 0.2) is 16.5 Å². The van der Waals surface area contributed by atoms with Gasteiger partial charge in [-0.2, -0.15) is 0 Å². The molecule has 1 saturated heterocycles. The summed E-state index contributed by atoms with van der Waals surface area (Å²) in [4.78, 5) is 11.3. The molecule has 2 rings (SSSR count). The number of furan rings is 1. The summed E-state index contributed by atoms with van der Waals surface area (Å²) in [5.74, 6) is 0.340. The topological polar surface area (TPSA) is 57.9 Å². The zero-order valence-corrected chi connectivity index (χ0v) is 11.4. The van der Waals surface area contributed by atoms with Crippen molar-refractivity contribution in [1.82, 2.24) is 0 Å². The molecule has 5 nitrogen and oxygen atoms in total. The van der Waals surface area contributed by atoms with E-state index in [1.54, 1.807) is 12.1 Å². The summed E-state index contributed by atoms with van der Waals surface area (Å²) in [6, 6.07) is 3.33. The number of esters is 1. The molecule has 0 aromatic carbocycles. The van der Waals surface area contributed by atoms with Gasteiger partial charge in [0.1, 0.15) is 11.9 Å². The number of methoxy groups -OCH3 is 1. The zero-order valence-electron chi connectivity index (χ0n) is 11.4. The quantitative estimate of drug-likeness (QED) is 0.768. The zero-order chi connectivity index (χ0) is 13.7. The highest BCUT2D eigenvalue weighted by Gasteiger charge is 2.19.